The molecule has 1 aliphatic heterocycles. The van der Waals surface area contributed by atoms with E-state index in [1.807, 2.05) is 37.3 Å². The van der Waals surface area contributed by atoms with Crippen molar-refractivity contribution in [2.45, 2.75) is 32.6 Å². The molecule has 1 saturated heterocycles. The van der Waals surface area contributed by atoms with Gasteiger partial charge in [0.25, 0.3) is 5.91 Å². The Morgan fingerprint density at radius 2 is 1.97 bits per heavy atom. The zero-order valence-corrected chi connectivity index (χ0v) is 18.4. The van der Waals surface area contributed by atoms with Crippen molar-refractivity contribution < 1.29 is 14.7 Å². The number of rotatable bonds is 8. The van der Waals surface area contributed by atoms with E-state index in [1.165, 1.54) is 11.8 Å². The van der Waals surface area contributed by atoms with Crippen LogP contribution in [0.3, 0.4) is 0 Å². The van der Waals surface area contributed by atoms with Crippen LogP contribution in [0.25, 0.3) is 6.08 Å². The molecule has 3 rings (SSSR count). The molecule has 7 heteroatoms. The Bertz CT molecular complexity index is 988. The predicted octanol–water partition coefficient (Wildman–Crippen LogP) is 5.10. The van der Waals surface area contributed by atoms with Gasteiger partial charge in [0.15, 0.2) is 0 Å². The number of hydrogen-bond donors (Lipinski definition) is 2. The summed E-state index contributed by atoms with van der Waals surface area (Å²) in [7, 11) is 0. The smallest absolute Gasteiger partial charge is 0.266 e. The number of anilines is 1. The molecule has 5 nitrogen and oxygen atoms in total. The minimum atomic E-state index is -0.106. The van der Waals surface area contributed by atoms with Gasteiger partial charge in [-0.05, 0) is 61.2 Å². The standard InChI is InChI=1S/C23H24N2O3S2/c1-16-7-5-9-18(13-16)24-21(27)11-3-2-4-12-25-22(28)20(30-23(25)29)15-17-8-6-10-19(26)14-17/h5-10,13-15,26H,2-4,11-12H2,1H3,(H,24,27)/b20-15-. The highest BCUT2D eigenvalue weighted by molar-refractivity contribution is 8.26. The number of hydrogen-bond acceptors (Lipinski definition) is 5. The summed E-state index contributed by atoms with van der Waals surface area (Å²) >= 11 is 6.63. The van der Waals surface area contributed by atoms with Gasteiger partial charge in [-0.25, -0.2) is 0 Å². The van der Waals surface area contributed by atoms with E-state index >= 15 is 0 Å². The molecular formula is C23H24N2O3S2. The van der Waals surface area contributed by atoms with Crippen LogP contribution >= 0.6 is 24.0 Å². The maximum Gasteiger partial charge on any atom is 0.266 e. The number of nitrogens with one attached hydrogen (secondary N) is 1. The number of aromatic hydroxyl groups is 1. The molecule has 0 radical (unpaired) electrons. The van der Waals surface area contributed by atoms with Crippen LogP contribution in [0.1, 0.15) is 36.8 Å². The van der Waals surface area contributed by atoms with Crippen molar-refractivity contribution in [2.24, 2.45) is 0 Å². The number of unbranched alkanes of at least 4 members (excludes halogenated alkanes) is 2. The Morgan fingerprint density at radius 1 is 1.17 bits per heavy atom. The zero-order valence-electron chi connectivity index (χ0n) is 16.8. The van der Waals surface area contributed by atoms with Gasteiger partial charge in [0, 0.05) is 18.7 Å². The average molecular weight is 441 g/mol. The molecule has 0 atom stereocenters. The zero-order chi connectivity index (χ0) is 21.5. The lowest BCUT2D eigenvalue weighted by Crippen LogP contribution is -2.29. The Labute approximate surface area is 186 Å². The Balaban J connectivity index is 1.42. The third kappa shape index (κ3) is 6.18. The molecule has 0 spiro atoms. The van der Waals surface area contributed by atoms with Crippen LogP contribution in [0.4, 0.5) is 5.69 Å². The molecule has 1 heterocycles. The van der Waals surface area contributed by atoms with Crippen LogP contribution in [0.5, 0.6) is 5.75 Å². The average Bonchev–Trinajstić information content (AvgIpc) is 2.95. The number of carbonyl (C=O) groups is 2. The highest BCUT2D eigenvalue weighted by Crippen LogP contribution is 2.33. The molecule has 2 aromatic rings. The van der Waals surface area contributed by atoms with Gasteiger partial charge >= 0.3 is 0 Å². The largest absolute Gasteiger partial charge is 0.508 e. The first kappa shape index (κ1) is 22.1. The third-order valence-electron chi connectivity index (χ3n) is 4.63. The van der Waals surface area contributed by atoms with E-state index in [0.717, 1.165) is 36.1 Å². The third-order valence-corrected chi connectivity index (χ3v) is 6.01. The first-order valence-corrected chi connectivity index (χ1v) is 11.1. The lowest BCUT2D eigenvalue weighted by Gasteiger charge is -2.14. The second-order valence-corrected chi connectivity index (χ2v) is 8.83. The number of nitrogens with zero attached hydrogens (tertiary/aromatic N) is 1. The second-order valence-electron chi connectivity index (χ2n) is 7.16. The molecule has 1 aliphatic rings. The van der Waals surface area contributed by atoms with Crippen LogP contribution in [0.2, 0.25) is 0 Å². The van der Waals surface area contributed by atoms with Gasteiger partial charge in [-0.1, -0.05) is 54.7 Å². The van der Waals surface area contributed by atoms with Gasteiger partial charge in [0.05, 0.1) is 4.91 Å². The summed E-state index contributed by atoms with van der Waals surface area (Å²) in [6.45, 7) is 2.53. The molecule has 0 saturated carbocycles. The SMILES string of the molecule is Cc1cccc(NC(=O)CCCCCN2C(=O)/C(=C/c3cccc(O)c3)SC2=S)c1. The topological polar surface area (TPSA) is 69.6 Å². The summed E-state index contributed by atoms with van der Waals surface area (Å²) in [4.78, 5) is 26.9. The molecule has 0 aliphatic carbocycles. The number of carbonyl (C=O) groups excluding carboxylic acids is 2. The minimum Gasteiger partial charge on any atom is -0.508 e. The lowest BCUT2D eigenvalue weighted by atomic mass is 10.1. The van der Waals surface area contributed by atoms with Gasteiger partial charge in [-0.3, -0.25) is 14.5 Å². The Morgan fingerprint density at radius 3 is 2.73 bits per heavy atom. The number of amides is 2. The van der Waals surface area contributed by atoms with E-state index < -0.39 is 0 Å². The highest BCUT2D eigenvalue weighted by Gasteiger charge is 2.31. The lowest BCUT2D eigenvalue weighted by molar-refractivity contribution is -0.122. The fraction of sp³-hybridized carbons (Fsp3) is 0.261. The molecule has 2 N–H and O–H groups in total. The molecule has 0 unspecified atom stereocenters. The van der Waals surface area contributed by atoms with E-state index in [2.05, 4.69) is 5.32 Å². The first-order chi connectivity index (χ1) is 14.4. The fourth-order valence-electron chi connectivity index (χ4n) is 3.14. The van der Waals surface area contributed by atoms with Crippen LogP contribution < -0.4 is 5.32 Å². The summed E-state index contributed by atoms with van der Waals surface area (Å²) in [6, 6.07) is 14.5. The second kappa shape index (κ2) is 10.4. The van der Waals surface area contributed by atoms with Crippen LogP contribution in [-0.4, -0.2) is 32.7 Å². The molecule has 156 valence electrons. The summed E-state index contributed by atoms with van der Waals surface area (Å²) in [5, 5.41) is 12.5. The van der Waals surface area contributed by atoms with Crippen molar-refractivity contribution in [3.05, 3.63) is 64.6 Å². The fourth-order valence-corrected chi connectivity index (χ4v) is 4.45. The summed E-state index contributed by atoms with van der Waals surface area (Å²) in [5.41, 5.74) is 2.68. The van der Waals surface area contributed by atoms with Gasteiger partial charge in [0.2, 0.25) is 5.91 Å². The molecular weight excluding hydrogens is 416 g/mol. The van der Waals surface area contributed by atoms with Crippen molar-refractivity contribution in [1.82, 2.24) is 4.90 Å². The monoisotopic (exact) mass is 440 g/mol. The summed E-state index contributed by atoms with van der Waals surface area (Å²) in [5.74, 6) is 0.0523. The van der Waals surface area contributed by atoms with Crippen molar-refractivity contribution >= 4 is 51.9 Å². The molecule has 2 aromatic carbocycles. The number of phenolic OH excluding ortho intramolecular Hbond substituents is 1. The van der Waals surface area contributed by atoms with Crippen LogP contribution in [0, 0.1) is 6.92 Å². The van der Waals surface area contributed by atoms with Crippen molar-refractivity contribution in [3.63, 3.8) is 0 Å². The minimum absolute atomic E-state index is 0.000239. The molecule has 30 heavy (non-hydrogen) atoms. The van der Waals surface area contributed by atoms with Gasteiger partial charge in [-0.2, -0.15) is 0 Å². The van der Waals surface area contributed by atoms with E-state index in [0.29, 0.717) is 22.2 Å². The first-order valence-electron chi connectivity index (χ1n) is 9.83. The highest BCUT2D eigenvalue weighted by atomic mass is 32.2. The number of phenols is 1. The number of thioether (sulfide) groups is 1. The normalized spacial score (nSPS) is 15.1. The molecule has 2 amide bonds. The van der Waals surface area contributed by atoms with Crippen molar-refractivity contribution in [1.29, 1.82) is 0 Å². The number of thiocarbonyl (C=S) groups is 1. The van der Waals surface area contributed by atoms with Gasteiger partial charge in [-0.15, -0.1) is 0 Å². The molecule has 0 bridgehead atoms. The van der Waals surface area contributed by atoms with Gasteiger partial charge < -0.3 is 10.4 Å². The van der Waals surface area contributed by atoms with Crippen molar-refractivity contribution in [2.75, 3.05) is 11.9 Å². The Kier molecular flexibility index (Phi) is 7.65. The molecule has 0 aromatic heterocycles. The van der Waals surface area contributed by atoms with Crippen molar-refractivity contribution in [3.8, 4) is 5.75 Å². The number of aryl methyl sites for hydroxylation is 1. The maximum atomic E-state index is 12.6. The quantitative estimate of drug-likeness (QED) is 0.339. The maximum absolute atomic E-state index is 12.6. The van der Waals surface area contributed by atoms with E-state index in [9.17, 15) is 14.7 Å². The molecule has 1 fully saturated rings. The van der Waals surface area contributed by atoms with E-state index in [4.69, 9.17) is 12.2 Å². The van der Waals surface area contributed by atoms with Crippen LogP contribution in [-0.2, 0) is 9.59 Å². The van der Waals surface area contributed by atoms with Crippen LogP contribution in [0.15, 0.2) is 53.4 Å². The number of benzene rings is 2. The van der Waals surface area contributed by atoms with Gasteiger partial charge in [0.1, 0.15) is 10.1 Å². The van der Waals surface area contributed by atoms with E-state index in [1.54, 1.807) is 29.2 Å². The predicted molar refractivity (Wildman–Crippen MR) is 126 cm³/mol. The summed E-state index contributed by atoms with van der Waals surface area (Å²) in [6.07, 6.45) is 4.57. The Hall–Kier alpha value is -2.64. The summed E-state index contributed by atoms with van der Waals surface area (Å²) < 4.78 is 0.545. The van der Waals surface area contributed by atoms with E-state index in [-0.39, 0.29) is 17.6 Å².